The molecule has 2 unspecified atom stereocenters. The molecule has 1 aromatic heterocycles. The maximum absolute atomic E-state index is 9.29. The number of aromatic nitrogens is 1. The van der Waals surface area contributed by atoms with Crippen LogP contribution in [0.25, 0.3) is 0 Å². The van der Waals surface area contributed by atoms with E-state index in [9.17, 15) is 5.11 Å². The van der Waals surface area contributed by atoms with Crippen LogP contribution in [0.4, 0.5) is 0 Å². The van der Waals surface area contributed by atoms with E-state index in [1.807, 2.05) is 0 Å². The van der Waals surface area contributed by atoms with Gasteiger partial charge in [0.1, 0.15) is 11.1 Å². The number of nitriles is 1. The molecule has 1 aromatic rings. The molecule has 13 heavy (non-hydrogen) atoms. The highest BCUT2D eigenvalue weighted by molar-refractivity contribution is 7.11. The van der Waals surface area contributed by atoms with Crippen molar-refractivity contribution in [3.63, 3.8) is 0 Å². The smallest absolute Gasteiger partial charge is 0.172 e. The van der Waals surface area contributed by atoms with Gasteiger partial charge >= 0.3 is 0 Å². The molecule has 0 saturated heterocycles. The molecular formula is C7H8N2O3S. The van der Waals surface area contributed by atoms with Gasteiger partial charge in [-0.1, -0.05) is 0 Å². The van der Waals surface area contributed by atoms with Gasteiger partial charge in [0, 0.05) is 6.20 Å². The summed E-state index contributed by atoms with van der Waals surface area (Å²) < 4.78 is 0. The Kier molecular flexibility index (Phi) is 3.33. The Morgan fingerprint density at radius 2 is 2.31 bits per heavy atom. The van der Waals surface area contributed by atoms with E-state index in [-0.39, 0.29) is 11.6 Å². The van der Waals surface area contributed by atoms with E-state index in [1.54, 1.807) is 0 Å². The van der Waals surface area contributed by atoms with E-state index in [0.29, 0.717) is 4.88 Å². The third kappa shape index (κ3) is 2.23. The van der Waals surface area contributed by atoms with Crippen molar-refractivity contribution in [3.05, 3.63) is 16.1 Å². The minimum absolute atomic E-state index is 0.160. The topological polar surface area (TPSA) is 97.4 Å². The number of nitrogens with zero attached hydrogens (tertiary/aromatic N) is 2. The van der Waals surface area contributed by atoms with Crippen molar-refractivity contribution < 1.29 is 15.3 Å². The lowest BCUT2D eigenvalue weighted by molar-refractivity contribution is 0.0526. The second-order valence-corrected chi connectivity index (χ2v) is 3.49. The standard InChI is InChI=1S/C7H8N2O3S/c8-1-5(11)6(12)7-9-2-4(3-10)13-7/h2,5-6,10-12H,3H2. The number of hydrogen-bond donors (Lipinski definition) is 3. The summed E-state index contributed by atoms with van der Waals surface area (Å²) in [7, 11) is 0. The lowest BCUT2D eigenvalue weighted by atomic mass is 10.2. The lowest BCUT2D eigenvalue weighted by Crippen LogP contribution is -2.15. The largest absolute Gasteiger partial charge is 0.391 e. The average Bonchev–Trinajstić information content (AvgIpc) is 2.63. The zero-order valence-corrected chi connectivity index (χ0v) is 7.40. The normalized spacial score (nSPS) is 14.9. The molecule has 3 N–H and O–H groups in total. The number of aliphatic hydroxyl groups excluding tert-OH is 3. The van der Waals surface area contributed by atoms with Crippen LogP contribution in [0.3, 0.4) is 0 Å². The van der Waals surface area contributed by atoms with Crippen LogP contribution in [0, 0.1) is 11.3 Å². The van der Waals surface area contributed by atoms with Crippen LogP contribution in [0.2, 0.25) is 0 Å². The average molecular weight is 200 g/mol. The van der Waals surface area contributed by atoms with Crippen molar-refractivity contribution in [2.45, 2.75) is 18.8 Å². The molecule has 0 radical (unpaired) electrons. The van der Waals surface area contributed by atoms with Crippen molar-refractivity contribution in [1.82, 2.24) is 4.98 Å². The summed E-state index contributed by atoms with van der Waals surface area (Å²) in [6.07, 6.45) is -1.37. The van der Waals surface area contributed by atoms with Crippen LogP contribution in [0.5, 0.6) is 0 Å². The highest BCUT2D eigenvalue weighted by Crippen LogP contribution is 2.22. The Morgan fingerprint density at radius 3 is 2.77 bits per heavy atom. The van der Waals surface area contributed by atoms with Crippen LogP contribution < -0.4 is 0 Å². The van der Waals surface area contributed by atoms with Crippen molar-refractivity contribution in [2.75, 3.05) is 0 Å². The van der Waals surface area contributed by atoms with Gasteiger partial charge in [0.05, 0.1) is 17.6 Å². The zero-order chi connectivity index (χ0) is 9.84. The summed E-state index contributed by atoms with van der Waals surface area (Å²) in [5.41, 5.74) is 0. The predicted molar refractivity (Wildman–Crippen MR) is 44.6 cm³/mol. The Bertz CT molecular complexity index is 320. The summed E-state index contributed by atoms with van der Waals surface area (Å²) in [6.45, 7) is -0.160. The van der Waals surface area contributed by atoms with E-state index in [1.165, 1.54) is 12.3 Å². The second-order valence-electron chi connectivity index (χ2n) is 2.34. The van der Waals surface area contributed by atoms with Crippen LogP contribution in [-0.2, 0) is 6.61 Å². The molecule has 0 aliphatic carbocycles. The maximum atomic E-state index is 9.29. The fourth-order valence-corrected chi connectivity index (χ4v) is 1.53. The molecule has 0 aromatic carbocycles. The molecule has 0 spiro atoms. The molecule has 0 amide bonds. The second kappa shape index (κ2) is 4.30. The molecule has 0 aliphatic rings. The molecule has 1 heterocycles. The Balaban J connectivity index is 2.78. The Morgan fingerprint density at radius 1 is 1.62 bits per heavy atom. The molecular weight excluding hydrogens is 192 g/mol. The zero-order valence-electron chi connectivity index (χ0n) is 6.58. The number of hydrogen-bond acceptors (Lipinski definition) is 6. The van der Waals surface area contributed by atoms with Gasteiger partial charge in [0.2, 0.25) is 0 Å². The van der Waals surface area contributed by atoms with E-state index in [4.69, 9.17) is 15.5 Å². The Labute approximate surface area is 78.5 Å². The maximum Gasteiger partial charge on any atom is 0.172 e. The van der Waals surface area contributed by atoms with Crippen molar-refractivity contribution >= 4 is 11.3 Å². The fraction of sp³-hybridized carbons (Fsp3) is 0.429. The first-order chi connectivity index (χ1) is 6.19. The third-order valence-corrected chi connectivity index (χ3v) is 2.46. The predicted octanol–water partition coefficient (Wildman–Crippen LogP) is -0.447. The number of rotatable bonds is 3. The molecule has 0 aliphatic heterocycles. The van der Waals surface area contributed by atoms with Crippen LogP contribution in [-0.4, -0.2) is 26.4 Å². The lowest BCUT2D eigenvalue weighted by Gasteiger charge is -2.06. The molecule has 0 bridgehead atoms. The third-order valence-electron chi connectivity index (χ3n) is 1.41. The quantitative estimate of drug-likeness (QED) is 0.574. The van der Waals surface area contributed by atoms with E-state index < -0.39 is 12.2 Å². The summed E-state index contributed by atoms with van der Waals surface area (Å²) in [6, 6.07) is 1.50. The summed E-state index contributed by atoms with van der Waals surface area (Å²) in [4.78, 5) is 4.34. The van der Waals surface area contributed by atoms with Crippen molar-refractivity contribution in [1.29, 1.82) is 5.26 Å². The molecule has 70 valence electrons. The van der Waals surface area contributed by atoms with E-state index in [2.05, 4.69) is 4.98 Å². The minimum atomic E-state index is -1.47. The van der Waals surface area contributed by atoms with Gasteiger partial charge in [0.15, 0.2) is 6.10 Å². The minimum Gasteiger partial charge on any atom is -0.391 e. The molecule has 1 rings (SSSR count). The molecule has 0 saturated carbocycles. The van der Waals surface area contributed by atoms with Gasteiger partial charge in [-0.25, -0.2) is 4.98 Å². The van der Waals surface area contributed by atoms with Gasteiger partial charge in [-0.05, 0) is 0 Å². The van der Waals surface area contributed by atoms with Gasteiger partial charge in [-0.2, -0.15) is 5.26 Å². The molecule has 6 heteroatoms. The van der Waals surface area contributed by atoms with Crippen LogP contribution in [0.1, 0.15) is 16.0 Å². The summed E-state index contributed by atoms with van der Waals surface area (Å²) >= 11 is 1.06. The van der Waals surface area contributed by atoms with Crippen LogP contribution in [0.15, 0.2) is 6.20 Å². The first kappa shape index (κ1) is 10.1. The van der Waals surface area contributed by atoms with Gasteiger partial charge < -0.3 is 15.3 Å². The molecule has 0 fully saturated rings. The van der Waals surface area contributed by atoms with E-state index in [0.717, 1.165) is 11.3 Å². The van der Waals surface area contributed by atoms with Crippen molar-refractivity contribution in [2.24, 2.45) is 0 Å². The SMILES string of the molecule is N#CC(O)C(O)c1ncc(CO)s1. The number of aliphatic hydroxyl groups is 3. The highest BCUT2D eigenvalue weighted by Gasteiger charge is 2.20. The molecule has 2 atom stereocenters. The summed E-state index contributed by atoms with van der Waals surface area (Å²) in [5.74, 6) is 0. The van der Waals surface area contributed by atoms with Crippen molar-refractivity contribution in [3.8, 4) is 6.07 Å². The van der Waals surface area contributed by atoms with Gasteiger partial charge in [0.25, 0.3) is 0 Å². The monoisotopic (exact) mass is 200 g/mol. The number of thiazole rings is 1. The molecule has 5 nitrogen and oxygen atoms in total. The van der Waals surface area contributed by atoms with Gasteiger partial charge in [-0.15, -0.1) is 11.3 Å². The first-order valence-electron chi connectivity index (χ1n) is 3.50. The Hall–Kier alpha value is -1.00. The first-order valence-corrected chi connectivity index (χ1v) is 4.32. The van der Waals surface area contributed by atoms with E-state index >= 15 is 0 Å². The highest BCUT2D eigenvalue weighted by atomic mass is 32.1. The van der Waals surface area contributed by atoms with Gasteiger partial charge in [-0.3, -0.25) is 0 Å². The fourth-order valence-electron chi connectivity index (χ4n) is 0.738. The van der Waals surface area contributed by atoms with Crippen LogP contribution >= 0.6 is 11.3 Å². The summed E-state index contributed by atoms with van der Waals surface area (Å²) in [5, 5.41) is 35.5.